The van der Waals surface area contributed by atoms with Crippen LogP contribution in [0.1, 0.15) is 38.5 Å². The van der Waals surface area contributed by atoms with Gasteiger partial charge in [0.1, 0.15) is 0 Å². The van der Waals surface area contributed by atoms with Crippen LogP contribution in [-0.2, 0) is 0 Å². The Morgan fingerprint density at radius 1 is 1.20 bits per heavy atom. The highest BCUT2D eigenvalue weighted by molar-refractivity contribution is 7.80. The number of rotatable bonds is 4. The molecule has 1 heterocycles. The summed E-state index contributed by atoms with van der Waals surface area (Å²) in [6, 6.07) is 2.09. The number of anilines is 1. The molecule has 0 atom stereocenters. The minimum atomic E-state index is 0.412. The van der Waals surface area contributed by atoms with E-state index in [0.29, 0.717) is 5.54 Å². The van der Waals surface area contributed by atoms with E-state index >= 15 is 0 Å². The minimum absolute atomic E-state index is 0.412. The van der Waals surface area contributed by atoms with Crippen molar-refractivity contribution in [2.75, 3.05) is 11.9 Å². The van der Waals surface area contributed by atoms with Crippen molar-refractivity contribution < 1.29 is 0 Å². The molecule has 0 aromatic carbocycles. The zero-order valence-corrected chi connectivity index (χ0v) is 13.4. The predicted octanol–water partition coefficient (Wildman–Crippen LogP) is 4.05. The van der Waals surface area contributed by atoms with Crippen LogP contribution in [0.4, 0.5) is 5.69 Å². The van der Waals surface area contributed by atoms with E-state index in [-0.39, 0.29) is 0 Å². The Morgan fingerprint density at radius 3 is 2.40 bits per heavy atom. The maximum absolute atomic E-state index is 5.49. The van der Waals surface area contributed by atoms with Gasteiger partial charge in [0.2, 0.25) is 0 Å². The van der Waals surface area contributed by atoms with Crippen molar-refractivity contribution in [3.05, 3.63) is 16.8 Å². The molecule has 0 spiro atoms. The molecule has 0 saturated heterocycles. The van der Waals surface area contributed by atoms with Crippen LogP contribution in [0.3, 0.4) is 0 Å². The van der Waals surface area contributed by atoms with Crippen LogP contribution in [0.2, 0.25) is 0 Å². The third-order valence-electron chi connectivity index (χ3n) is 5.47. The summed E-state index contributed by atoms with van der Waals surface area (Å²) in [5.74, 6) is 2.98. The summed E-state index contributed by atoms with van der Waals surface area (Å²) in [4.78, 5) is 0.930. The molecule has 2 N–H and O–H groups in total. The summed E-state index contributed by atoms with van der Waals surface area (Å²) in [7, 11) is 0. The van der Waals surface area contributed by atoms with Gasteiger partial charge >= 0.3 is 0 Å². The van der Waals surface area contributed by atoms with Gasteiger partial charge in [0.15, 0.2) is 0 Å². The number of hydrogen-bond donors (Lipinski definition) is 2. The van der Waals surface area contributed by atoms with E-state index in [9.17, 15) is 0 Å². The van der Waals surface area contributed by atoms with Crippen molar-refractivity contribution in [3.8, 4) is 0 Å². The molecule has 0 radical (unpaired) electrons. The molecule has 1 aromatic heterocycles. The van der Waals surface area contributed by atoms with Crippen molar-refractivity contribution in [1.29, 1.82) is 0 Å². The third kappa shape index (κ3) is 2.53. The average molecular weight is 306 g/mol. The molecule has 5 rings (SSSR count). The van der Waals surface area contributed by atoms with Gasteiger partial charge in [-0.15, -0.1) is 0 Å². The SMILES string of the molecule is S=C(CNC12CC3CC(CC(C3)C1)C2)Nc1ccsc1. The Bertz CT molecular complexity index is 459. The van der Waals surface area contributed by atoms with Crippen molar-refractivity contribution in [2.24, 2.45) is 17.8 Å². The predicted molar refractivity (Wildman–Crippen MR) is 89.4 cm³/mol. The first-order chi connectivity index (χ1) is 9.71. The summed E-state index contributed by atoms with van der Waals surface area (Å²) in [5.41, 5.74) is 1.54. The van der Waals surface area contributed by atoms with E-state index in [1.165, 1.54) is 38.5 Å². The Labute approximate surface area is 130 Å². The average Bonchev–Trinajstić information content (AvgIpc) is 2.88. The van der Waals surface area contributed by atoms with Gasteiger partial charge in [-0.25, -0.2) is 0 Å². The Hall–Kier alpha value is -0.450. The van der Waals surface area contributed by atoms with E-state index in [1.54, 1.807) is 11.3 Å². The van der Waals surface area contributed by atoms with Crippen LogP contribution in [0.15, 0.2) is 16.8 Å². The zero-order chi connectivity index (χ0) is 13.6. The van der Waals surface area contributed by atoms with E-state index < -0.39 is 0 Å². The fourth-order valence-electron chi connectivity index (χ4n) is 5.14. The Balaban J connectivity index is 1.36. The molecule has 108 valence electrons. The molecule has 20 heavy (non-hydrogen) atoms. The largest absolute Gasteiger partial charge is 0.348 e. The topological polar surface area (TPSA) is 24.1 Å². The van der Waals surface area contributed by atoms with Crippen LogP contribution < -0.4 is 10.6 Å². The molecule has 4 fully saturated rings. The lowest BCUT2D eigenvalue weighted by atomic mass is 9.53. The molecule has 4 bridgehead atoms. The van der Waals surface area contributed by atoms with Gasteiger partial charge in [0.05, 0.1) is 4.99 Å². The summed E-state index contributed by atoms with van der Waals surface area (Å²) >= 11 is 7.19. The smallest absolute Gasteiger partial charge is 0.0938 e. The van der Waals surface area contributed by atoms with Gasteiger partial charge < -0.3 is 10.6 Å². The van der Waals surface area contributed by atoms with E-state index in [0.717, 1.165) is 35.0 Å². The third-order valence-corrected chi connectivity index (χ3v) is 6.40. The first kappa shape index (κ1) is 13.2. The van der Waals surface area contributed by atoms with Gasteiger partial charge in [-0.05, 0) is 67.7 Å². The number of thiocarbonyl (C=S) groups is 1. The molecule has 0 aliphatic heterocycles. The Kier molecular flexibility index (Phi) is 3.36. The molecule has 0 unspecified atom stereocenters. The van der Waals surface area contributed by atoms with E-state index in [4.69, 9.17) is 12.2 Å². The number of thiophene rings is 1. The number of hydrogen-bond acceptors (Lipinski definition) is 3. The molecule has 4 aliphatic rings. The lowest BCUT2D eigenvalue weighted by molar-refractivity contribution is -0.0173. The van der Waals surface area contributed by atoms with Gasteiger partial charge in [-0.1, -0.05) is 12.2 Å². The molecular weight excluding hydrogens is 284 g/mol. The highest BCUT2D eigenvalue weighted by Crippen LogP contribution is 2.55. The molecule has 4 heteroatoms. The molecule has 1 aromatic rings. The maximum Gasteiger partial charge on any atom is 0.0938 e. The van der Waals surface area contributed by atoms with E-state index in [2.05, 4.69) is 27.5 Å². The summed E-state index contributed by atoms with van der Waals surface area (Å²) in [6.45, 7) is 0.831. The highest BCUT2D eigenvalue weighted by Gasteiger charge is 2.50. The maximum atomic E-state index is 5.49. The summed E-state index contributed by atoms with van der Waals surface area (Å²) in [6.07, 6.45) is 8.66. The Morgan fingerprint density at radius 2 is 1.85 bits per heavy atom. The monoisotopic (exact) mass is 306 g/mol. The summed E-state index contributed by atoms with van der Waals surface area (Å²) < 4.78 is 0. The first-order valence-electron chi connectivity index (χ1n) is 7.78. The second-order valence-corrected chi connectivity index (χ2v) is 8.38. The van der Waals surface area contributed by atoms with E-state index in [1.807, 2.05) is 0 Å². The normalized spacial score (nSPS) is 38.1. The molecule has 2 nitrogen and oxygen atoms in total. The van der Waals surface area contributed by atoms with Gasteiger partial charge in [-0.2, -0.15) is 11.3 Å². The lowest BCUT2D eigenvalue weighted by Gasteiger charge is -2.57. The lowest BCUT2D eigenvalue weighted by Crippen LogP contribution is -2.59. The van der Waals surface area contributed by atoms with Crippen LogP contribution in [0.5, 0.6) is 0 Å². The fourth-order valence-corrected chi connectivity index (χ4v) is 5.91. The van der Waals surface area contributed by atoms with Gasteiger partial charge in [0, 0.05) is 23.2 Å². The van der Waals surface area contributed by atoms with Crippen molar-refractivity contribution in [2.45, 2.75) is 44.1 Å². The quantitative estimate of drug-likeness (QED) is 0.821. The minimum Gasteiger partial charge on any atom is -0.348 e. The zero-order valence-electron chi connectivity index (χ0n) is 11.7. The van der Waals surface area contributed by atoms with Crippen LogP contribution in [-0.4, -0.2) is 17.1 Å². The molecule has 4 aliphatic carbocycles. The number of nitrogens with one attached hydrogen (secondary N) is 2. The van der Waals surface area contributed by atoms with Gasteiger partial charge in [-0.3, -0.25) is 0 Å². The van der Waals surface area contributed by atoms with Crippen LogP contribution >= 0.6 is 23.6 Å². The second-order valence-electron chi connectivity index (χ2n) is 7.11. The van der Waals surface area contributed by atoms with Gasteiger partial charge in [0.25, 0.3) is 0 Å². The first-order valence-corrected chi connectivity index (χ1v) is 9.13. The van der Waals surface area contributed by atoms with Crippen LogP contribution in [0.25, 0.3) is 0 Å². The molecule has 0 amide bonds. The second kappa shape index (κ2) is 5.08. The fraction of sp³-hybridized carbons (Fsp3) is 0.688. The summed E-state index contributed by atoms with van der Waals surface area (Å²) in [5, 5.41) is 11.4. The van der Waals surface area contributed by atoms with Crippen molar-refractivity contribution >= 4 is 34.2 Å². The molecule has 4 saturated carbocycles. The van der Waals surface area contributed by atoms with Crippen molar-refractivity contribution in [3.63, 3.8) is 0 Å². The standard InChI is InChI=1S/C16H22N2S2/c19-15(18-14-1-2-20-10-14)9-17-16-6-11-3-12(7-16)5-13(4-11)8-16/h1-2,10-13,17H,3-9H2,(H,18,19). The van der Waals surface area contributed by atoms with Crippen molar-refractivity contribution in [1.82, 2.24) is 5.32 Å². The molecular formula is C16H22N2S2. The van der Waals surface area contributed by atoms with Crippen LogP contribution in [0, 0.1) is 17.8 Å². The highest BCUT2D eigenvalue weighted by atomic mass is 32.1.